The van der Waals surface area contributed by atoms with E-state index in [4.69, 9.17) is 4.74 Å². The highest BCUT2D eigenvalue weighted by Crippen LogP contribution is 2.31. The zero-order valence-corrected chi connectivity index (χ0v) is 17.2. The fourth-order valence-corrected chi connectivity index (χ4v) is 4.39. The van der Waals surface area contributed by atoms with Gasteiger partial charge in [-0.05, 0) is 45.3 Å². The first-order valence-electron chi connectivity index (χ1n) is 10.1. The van der Waals surface area contributed by atoms with E-state index in [0.717, 1.165) is 30.7 Å². The smallest absolute Gasteiger partial charge is 0.253 e. The standard InChI is InChI=1S/C22H27N5O2/c1-15-10-26(19-7-6-17(9-23)21-18(19)5-4-8-24-21)14-20(29-15)22(28)27-12-16(13-27)11-25(2)3/h4-8,15-16,20H,10-14H2,1-3H3/t15-,20-/m1/s1. The molecule has 1 aromatic heterocycles. The molecule has 2 fully saturated rings. The summed E-state index contributed by atoms with van der Waals surface area (Å²) in [5.74, 6) is 0.618. The SMILES string of the molecule is C[C@@H]1CN(c2ccc(C#N)c3ncccc23)C[C@H](C(=O)N2CC(CN(C)C)C2)O1. The van der Waals surface area contributed by atoms with Crippen LogP contribution in [0.3, 0.4) is 0 Å². The molecular weight excluding hydrogens is 366 g/mol. The summed E-state index contributed by atoms with van der Waals surface area (Å²) in [6.45, 7) is 5.81. The molecule has 2 aliphatic heterocycles. The Morgan fingerprint density at radius 1 is 1.28 bits per heavy atom. The van der Waals surface area contributed by atoms with Gasteiger partial charge in [-0.3, -0.25) is 9.78 Å². The molecule has 0 spiro atoms. The molecular formula is C22H27N5O2. The van der Waals surface area contributed by atoms with E-state index in [0.29, 0.717) is 30.1 Å². The van der Waals surface area contributed by atoms with Crippen molar-refractivity contribution in [1.29, 1.82) is 5.26 Å². The van der Waals surface area contributed by atoms with Gasteiger partial charge in [-0.1, -0.05) is 0 Å². The molecule has 0 bridgehead atoms. The van der Waals surface area contributed by atoms with E-state index in [2.05, 4.69) is 34.9 Å². The number of nitrogens with zero attached hydrogens (tertiary/aromatic N) is 5. The fraction of sp³-hybridized carbons (Fsp3) is 0.500. The first kappa shape index (κ1) is 19.6. The number of amides is 1. The van der Waals surface area contributed by atoms with Gasteiger partial charge in [0.2, 0.25) is 0 Å². The minimum atomic E-state index is -0.471. The van der Waals surface area contributed by atoms with Gasteiger partial charge in [0.25, 0.3) is 5.91 Å². The quantitative estimate of drug-likeness (QED) is 0.788. The lowest BCUT2D eigenvalue weighted by Gasteiger charge is -2.45. The van der Waals surface area contributed by atoms with Crippen LogP contribution in [0.5, 0.6) is 0 Å². The minimum absolute atomic E-state index is 0.0566. The van der Waals surface area contributed by atoms with Gasteiger partial charge >= 0.3 is 0 Å². The van der Waals surface area contributed by atoms with E-state index in [1.54, 1.807) is 6.20 Å². The predicted molar refractivity (Wildman–Crippen MR) is 112 cm³/mol. The number of morpholine rings is 1. The number of hydrogen-bond acceptors (Lipinski definition) is 6. The van der Waals surface area contributed by atoms with Crippen LogP contribution in [0.2, 0.25) is 0 Å². The van der Waals surface area contributed by atoms with Crippen LogP contribution in [-0.4, -0.2) is 79.7 Å². The molecule has 4 rings (SSSR count). The van der Waals surface area contributed by atoms with E-state index >= 15 is 0 Å². The summed E-state index contributed by atoms with van der Waals surface area (Å²) in [7, 11) is 4.12. The average molecular weight is 393 g/mol. The molecule has 7 heteroatoms. The molecule has 0 N–H and O–H groups in total. The summed E-state index contributed by atoms with van der Waals surface area (Å²) < 4.78 is 6.02. The molecule has 2 aromatic rings. The van der Waals surface area contributed by atoms with E-state index < -0.39 is 6.10 Å². The Balaban J connectivity index is 1.53. The molecule has 2 aliphatic rings. The average Bonchev–Trinajstić information content (AvgIpc) is 2.68. The minimum Gasteiger partial charge on any atom is -0.365 e. The Morgan fingerprint density at radius 2 is 2.07 bits per heavy atom. The second-order valence-corrected chi connectivity index (χ2v) is 8.36. The maximum absolute atomic E-state index is 13.0. The monoisotopic (exact) mass is 393 g/mol. The molecule has 2 atom stereocenters. The van der Waals surface area contributed by atoms with E-state index in [1.807, 2.05) is 36.1 Å². The second-order valence-electron chi connectivity index (χ2n) is 8.36. The summed E-state index contributed by atoms with van der Waals surface area (Å²) >= 11 is 0. The summed E-state index contributed by atoms with van der Waals surface area (Å²) in [6, 6.07) is 9.84. The second kappa shape index (κ2) is 7.97. The van der Waals surface area contributed by atoms with Crippen molar-refractivity contribution < 1.29 is 9.53 Å². The number of aromatic nitrogens is 1. The molecule has 29 heavy (non-hydrogen) atoms. The molecule has 0 unspecified atom stereocenters. The number of anilines is 1. The summed E-state index contributed by atoms with van der Waals surface area (Å²) in [5.41, 5.74) is 2.25. The molecule has 152 valence electrons. The van der Waals surface area contributed by atoms with Gasteiger partial charge < -0.3 is 19.4 Å². The zero-order valence-electron chi connectivity index (χ0n) is 17.2. The van der Waals surface area contributed by atoms with Crippen LogP contribution in [0.15, 0.2) is 30.5 Å². The van der Waals surface area contributed by atoms with E-state index in [-0.39, 0.29) is 12.0 Å². The van der Waals surface area contributed by atoms with Crippen molar-refractivity contribution in [2.24, 2.45) is 5.92 Å². The third-order valence-corrected chi connectivity index (χ3v) is 5.64. The third kappa shape index (κ3) is 3.91. The highest BCUT2D eigenvalue weighted by molar-refractivity contribution is 5.95. The maximum Gasteiger partial charge on any atom is 0.253 e. The summed E-state index contributed by atoms with van der Waals surface area (Å²) in [5, 5.41) is 10.3. The molecule has 0 radical (unpaired) electrons. The molecule has 7 nitrogen and oxygen atoms in total. The van der Waals surface area contributed by atoms with Crippen LogP contribution in [0.4, 0.5) is 5.69 Å². The van der Waals surface area contributed by atoms with Crippen molar-refractivity contribution in [2.45, 2.75) is 19.1 Å². The highest BCUT2D eigenvalue weighted by atomic mass is 16.5. The number of hydrogen-bond donors (Lipinski definition) is 0. The Kier molecular flexibility index (Phi) is 5.39. The van der Waals surface area contributed by atoms with Crippen molar-refractivity contribution in [2.75, 3.05) is 51.7 Å². The maximum atomic E-state index is 13.0. The Hall–Kier alpha value is -2.69. The first-order chi connectivity index (χ1) is 14.0. The van der Waals surface area contributed by atoms with Crippen molar-refractivity contribution in [3.05, 3.63) is 36.0 Å². The third-order valence-electron chi connectivity index (χ3n) is 5.64. The van der Waals surface area contributed by atoms with Crippen LogP contribution in [0.25, 0.3) is 10.9 Å². The lowest BCUT2D eigenvalue weighted by atomic mass is 9.98. The molecule has 2 saturated heterocycles. The molecule has 1 aromatic carbocycles. The number of carbonyl (C=O) groups is 1. The zero-order chi connectivity index (χ0) is 20.5. The van der Waals surface area contributed by atoms with Gasteiger partial charge in [0.1, 0.15) is 6.07 Å². The van der Waals surface area contributed by atoms with Crippen molar-refractivity contribution >= 4 is 22.5 Å². The van der Waals surface area contributed by atoms with Gasteiger partial charge in [0.05, 0.1) is 23.7 Å². The number of carbonyl (C=O) groups excluding carboxylic acids is 1. The number of ether oxygens (including phenoxy) is 1. The topological polar surface area (TPSA) is 72.7 Å². The number of likely N-dealkylation sites (tertiary alicyclic amines) is 1. The lowest BCUT2D eigenvalue weighted by Crippen LogP contribution is -2.60. The number of fused-ring (bicyclic) bond motifs is 1. The fourth-order valence-electron chi connectivity index (χ4n) is 4.39. The van der Waals surface area contributed by atoms with Crippen molar-refractivity contribution in [3.8, 4) is 6.07 Å². The molecule has 0 aliphatic carbocycles. The van der Waals surface area contributed by atoms with E-state index in [9.17, 15) is 10.1 Å². The van der Waals surface area contributed by atoms with Crippen LogP contribution in [0.1, 0.15) is 12.5 Å². The van der Waals surface area contributed by atoms with Crippen molar-refractivity contribution in [1.82, 2.24) is 14.8 Å². The van der Waals surface area contributed by atoms with Crippen molar-refractivity contribution in [3.63, 3.8) is 0 Å². The van der Waals surface area contributed by atoms with Gasteiger partial charge in [-0.25, -0.2) is 0 Å². The highest BCUT2D eigenvalue weighted by Gasteiger charge is 2.38. The van der Waals surface area contributed by atoms with Gasteiger partial charge in [0, 0.05) is 49.4 Å². The largest absolute Gasteiger partial charge is 0.365 e. The normalized spacial score (nSPS) is 22.6. The van der Waals surface area contributed by atoms with Crippen LogP contribution in [-0.2, 0) is 9.53 Å². The summed E-state index contributed by atoms with van der Waals surface area (Å²) in [6.07, 6.45) is 1.18. The Labute approximate surface area is 171 Å². The molecule has 1 amide bonds. The number of benzene rings is 1. The predicted octanol–water partition coefficient (Wildman–Crippen LogP) is 1.72. The van der Waals surface area contributed by atoms with Crippen LogP contribution >= 0.6 is 0 Å². The number of rotatable bonds is 4. The van der Waals surface area contributed by atoms with Gasteiger partial charge in [0.15, 0.2) is 6.10 Å². The first-order valence-corrected chi connectivity index (χ1v) is 10.1. The number of pyridine rings is 1. The lowest BCUT2D eigenvalue weighted by molar-refractivity contribution is -0.155. The molecule has 3 heterocycles. The van der Waals surface area contributed by atoms with Gasteiger partial charge in [-0.2, -0.15) is 5.26 Å². The number of nitriles is 1. The van der Waals surface area contributed by atoms with E-state index in [1.165, 1.54) is 0 Å². The van der Waals surface area contributed by atoms with Crippen LogP contribution < -0.4 is 4.90 Å². The Bertz CT molecular complexity index is 948. The van der Waals surface area contributed by atoms with Gasteiger partial charge in [-0.15, -0.1) is 0 Å². The Morgan fingerprint density at radius 3 is 2.79 bits per heavy atom. The van der Waals surface area contributed by atoms with Crippen LogP contribution in [0, 0.1) is 17.2 Å². The molecule has 0 saturated carbocycles. The summed E-state index contributed by atoms with van der Waals surface area (Å²) in [4.78, 5) is 23.7.